The highest BCUT2D eigenvalue weighted by molar-refractivity contribution is 9.10. The summed E-state index contributed by atoms with van der Waals surface area (Å²) in [5, 5.41) is 9.99. The largest absolute Gasteiger partial charge is 0.481 e. The number of nitrogens with zero attached hydrogens (tertiary/aromatic N) is 1. The predicted molar refractivity (Wildman–Crippen MR) is 81.9 cm³/mol. The Morgan fingerprint density at radius 2 is 2.00 bits per heavy atom. The maximum atomic E-state index is 11.4. The number of carbonyl (C=O) groups is 1. The van der Waals surface area contributed by atoms with Crippen LogP contribution in [0, 0.1) is 5.92 Å². The van der Waals surface area contributed by atoms with Crippen molar-refractivity contribution >= 4 is 33.5 Å². The molecule has 0 amide bonds. The number of hydrogen-bond donors (Lipinski definition) is 1. The third-order valence-corrected chi connectivity index (χ3v) is 3.63. The van der Waals surface area contributed by atoms with Crippen molar-refractivity contribution in [1.29, 1.82) is 0 Å². The van der Waals surface area contributed by atoms with Crippen molar-refractivity contribution in [3.05, 3.63) is 63.3 Å². The fourth-order valence-corrected chi connectivity index (χ4v) is 2.67. The van der Waals surface area contributed by atoms with E-state index in [1.165, 1.54) is 0 Å². The van der Waals surface area contributed by atoms with Gasteiger partial charge in [-0.15, -0.1) is 0 Å². The first-order chi connectivity index (χ1) is 9.54. The van der Waals surface area contributed by atoms with Gasteiger partial charge in [-0.25, -0.2) is 0 Å². The van der Waals surface area contributed by atoms with Gasteiger partial charge in [-0.05, 0) is 58.1 Å². The number of benzene rings is 1. The normalized spacial score (nSPS) is 12.1. The predicted octanol–water partition coefficient (Wildman–Crippen LogP) is 3.98. The van der Waals surface area contributed by atoms with Crippen LogP contribution in [0.2, 0.25) is 5.02 Å². The maximum absolute atomic E-state index is 11.4. The Kier molecular flexibility index (Phi) is 5.15. The lowest BCUT2D eigenvalue weighted by Gasteiger charge is -2.12. The fraction of sp³-hybridized carbons (Fsp3) is 0.200. The molecule has 2 aromatic rings. The van der Waals surface area contributed by atoms with E-state index in [1.54, 1.807) is 24.5 Å². The van der Waals surface area contributed by atoms with Gasteiger partial charge in [0, 0.05) is 21.9 Å². The van der Waals surface area contributed by atoms with Gasteiger partial charge >= 0.3 is 5.97 Å². The third kappa shape index (κ3) is 4.32. The summed E-state index contributed by atoms with van der Waals surface area (Å²) in [4.78, 5) is 15.5. The zero-order valence-corrected chi connectivity index (χ0v) is 12.9. The van der Waals surface area contributed by atoms with Crippen LogP contribution in [-0.4, -0.2) is 16.1 Å². The molecule has 0 saturated carbocycles. The molecule has 0 aliphatic carbocycles. The Bertz CT molecular complexity index is 571. The lowest BCUT2D eigenvalue weighted by atomic mass is 9.93. The molecule has 1 atom stereocenters. The molecule has 3 nitrogen and oxygen atoms in total. The molecule has 20 heavy (non-hydrogen) atoms. The lowest BCUT2D eigenvalue weighted by molar-refractivity contribution is -0.141. The van der Waals surface area contributed by atoms with E-state index in [0.717, 1.165) is 15.6 Å². The maximum Gasteiger partial charge on any atom is 0.307 e. The number of pyridine rings is 1. The Balaban J connectivity index is 2.13. The molecule has 1 heterocycles. The smallest absolute Gasteiger partial charge is 0.307 e. The van der Waals surface area contributed by atoms with Crippen LogP contribution in [0.25, 0.3) is 0 Å². The second kappa shape index (κ2) is 6.86. The van der Waals surface area contributed by atoms with Crippen molar-refractivity contribution in [1.82, 2.24) is 4.98 Å². The van der Waals surface area contributed by atoms with Gasteiger partial charge in [-0.2, -0.15) is 0 Å². The molecule has 2 rings (SSSR count). The molecule has 0 aliphatic heterocycles. The molecule has 1 aromatic carbocycles. The first-order valence-electron chi connectivity index (χ1n) is 6.11. The Labute approximate surface area is 130 Å². The molecule has 0 bridgehead atoms. The van der Waals surface area contributed by atoms with E-state index in [2.05, 4.69) is 20.9 Å². The van der Waals surface area contributed by atoms with Crippen molar-refractivity contribution < 1.29 is 9.90 Å². The summed E-state index contributed by atoms with van der Waals surface area (Å²) in [6.07, 6.45) is 4.26. The molecule has 104 valence electrons. The summed E-state index contributed by atoms with van der Waals surface area (Å²) < 4.78 is 0.849. The highest BCUT2D eigenvalue weighted by atomic mass is 79.9. The van der Waals surface area contributed by atoms with Gasteiger partial charge < -0.3 is 5.11 Å². The molecule has 0 fully saturated rings. The summed E-state index contributed by atoms with van der Waals surface area (Å²) in [5.74, 6) is -1.31. The van der Waals surface area contributed by atoms with E-state index in [4.69, 9.17) is 11.6 Å². The first kappa shape index (κ1) is 15.0. The number of halogens is 2. The van der Waals surface area contributed by atoms with Crippen LogP contribution < -0.4 is 0 Å². The number of aliphatic carboxylic acids is 1. The van der Waals surface area contributed by atoms with Crippen molar-refractivity contribution in [3.8, 4) is 0 Å². The van der Waals surface area contributed by atoms with Crippen LogP contribution in [0.1, 0.15) is 11.1 Å². The van der Waals surface area contributed by atoms with Crippen molar-refractivity contribution in [2.45, 2.75) is 12.8 Å². The second-order valence-electron chi connectivity index (χ2n) is 4.58. The summed E-state index contributed by atoms with van der Waals surface area (Å²) in [6, 6.07) is 9.19. The van der Waals surface area contributed by atoms with Crippen LogP contribution in [0.5, 0.6) is 0 Å². The van der Waals surface area contributed by atoms with Crippen LogP contribution in [0.4, 0.5) is 0 Å². The Hall–Kier alpha value is -1.39. The standard InChI is InChI=1S/C15H13BrClNO2/c16-13-6-11(8-18-9-13)5-12(15(19)20)4-10-2-1-3-14(17)7-10/h1-3,6-9,12H,4-5H2,(H,19,20). The van der Waals surface area contributed by atoms with Crippen LogP contribution in [0.3, 0.4) is 0 Å². The molecule has 0 spiro atoms. The summed E-state index contributed by atoms with van der Waals surface area (Å²) in [6.45, 7) is 0. The fourth-order valence-electron chi connectivity index (χ4n) is 2.05. The van der Waals surface area contributed by atoms with Gasteiger partial charge in [0.25, 0.3) is 0 Å². The summed E-state index contributed by atoms with van der Waals surface area (Å²) in [5.41, 5.74) is 1.82. The second-order valence-corrected chi connectivity index (χ2v) is 5.94. The minimum atomic E-state index is -0.815. The molecular weight excluding hydrogens is 342 g/mol. The quantitative estimate of drug-likeness (QED) is 0.883. The molecule has 0 radical (unpaired) electrons. The highest BCUT2D eigenvalue weighted by Gasteiger charge is 2.19. The van der Waals surface area contributed by atoms with E-state index < -0.39 is 11.9 Å². The van der Waals surface area contributed by atoms with E-state index >= 15 is 0 Å². The minimum absolute atomic E-state index is 0.439. The van der Waals surface area contributed by atoms with Crippen LogP contribution in [-0.2, 0) is 17.6 Å². The molecule has 1 aromatic heterocycles. The minimum Gasteiger partial charge on any atom is -0.481 e. The number of carboxylic acids is 1. The monoisotopic (exact) mass is 353 g/mol. The molecule has 5 heteroatoms. The molecule has 0 aliphatic rings. The average Bonchev–Trinajstić information content (AvgIpc) is 2.38. The highest BCUT2D eigenvalue weighted by Crippen LogP contribution is 2.19. The van der Waals surface area contributed by atoms with E-state index in [0.29, 0.717) is 17.9 Å². The molecule has 1 N–H and O–H groups in total. The number of aromatic nitrogens is 1. The zero-order valence-electron chi connectivity index (χ0n) is 10.6. The molecule has 1 unspecified atom stereocenters. The van der Waals surface area contributed by atoms with Gasteiger partial charge in [0.05, 0.1) is 5.92 Å². The van der Waals surface area contributed by atoms with Crippen molar-refractivity contribution in [3.63, 3.8) is 0 Å². The SMILES string of the molecule is O=C(O)C(Cc1cccc(Cl)c1)Cc1cncc(Br)c1. The van der Waals surface area contributed by atoms with Crippen molar-refractivity contribution in [2.24, 2.45) is 5.92 Å². The topological polar surface area (TPSA) is 50.2 Å². The molecular formula is C15H13BrClNO2. The Morgan fingerprint density at radius 1 is 1.25 bits per heavy atom. The number of hydrogen-bond acceptors (Lipinski definition) is 2. The summed E-state index contributed by atoms with van der Waals surface area (Å²) in [7, 11) is 0. The van der Waals surface area contributed by atoms with Gasteiger partial charge in [-0.3, -0.25) is 9.78 Å². The van der Waals surface area contributed by atoms with Gasteiger partial charge in [-0.1, -0.05) is 23.7 Å². The zero-order chi connectivity index (χ0) is 14.5. The number of rotatable bonds is 5. The lowest BCUT2D eigenvalue weighted by Crippen LogP contribution is -2.19. The average molecular weight is 355 g/mol. The molecule has 0 saturated heterocycles. The first-order valence-corrected chi connectivity index (χ1v) is 7.28. The van der Waals surface area contributed by atoms with E-state index in [-0.39, 0.29) is 0 Å². The summed E-state index contributed by atoms with van der Waals surface area (Å²) >= 11 is 9.26. The van der Waals surface area contributed by atoms with Crippen molar-refractivity contribution in [2.75, 3.05) is 0 Å². The van der Waals surface area contributed by atoms with Gasteiger partial charge in [0.2, 0.25) is 0 Å². The van der Waals surface area contributed by atoms with Gasteiger partial charge in [0.1, 0.15) is 0 Å². The van der Waals surface area contributed by atoms with Crippen LogP contribution in [0.15, 0.2) is 47.2 Å². The van der Waals surface area contributed by atoms with E-state index in [9.17, 15) is 9.90 Å². The van der Waals surface area contributed by atoms with Gasteiger partial charge in [0.15, 0.2) is 0 Å². The number of carboxylic acid groups (broad SMARTS) is 1. The van der Waals surface area contributed by atoms with E-state index in [1.807, 2.05) is 18.2 Å². The van der Waals surface area contributed by atoms with Crippen LogP contribution >= 0.6 is 27.5 Å². The third-order valence-electron chi connectivity index (χ3n) is 2.96. The Morgan fingerprint density at radius 3 is 2.65 bits per heavy atom.